The Balaban J connectivity index is 2.15. The van der Waals surface area contributed by atoms with Gasteiger partial charge >= 0.3 is 5.97 Å². The van der Waals surface area contributed by atoms with Gasteiger partial charge in [-0.1, -0.05) is 6.42 Å². The lowest BCUT2D eigenvalue weighted by Gasteiger charge is -2.11. The third kappa shape index (κ3) is 2.93. The van der Waals surface area contributed by atoms with Crippen molar-refractivity contribution in [3.63, 3.8) is 0 Å². The van der Waals surface area contributed by atoms with Crippen LogP contribution in [0.2, 0.25) is 0 Å². The lowest BCUT2D eigenvalue weighted by molar-refractivity contribution is -0.137. The lowest BCUT2D eigenvalue weighted by atomic mass is 10.1. The van der Waals surface area contributed by atoms with E-state index in [0.29, 0.717) is 5.95 Å². The van der Waals surface area contributed by atoms with E-state index in [9.17, 15) is 4.79 Å². The van der Waals surface area contributed by atoms with E-state index in [4.69, 9.17) is 5.11 Å². The molecule has 0 amide bonds. The number of aromatic nitrogens is 2. The smallest absolute Gasteiger partial charge is 0.325 e. The number of anilines is 1. The highest BCUT2D eigenvalue weighted by Gasteiger charge is 2.14. The van der Waals surface area contributed by atoms with Gasteiger partial charge < -0.3 is 10.4 Å². The first kappa shape index (κ1) is 11.8. The Morgan fingerprint density at radius 2 is 2.18 bits per heavy atom. The van der Waals surface area contributed by atoms with Crippen LogP contribution in [0, 0.1) is 0 Å². The summed E-state index contributed by atoms with van der Waals surface area (Å²) in [7, 11) is 0. The number of hydrogen-bond acceptors (Lipinski definition) is 4. The molecule has 0 spiro atoms. The molecular weight excluding hydrogens is 218 g/mol. The zero-order chi connectivity index (χ0) is 12.3. The van der Waals surface area contributed by atoms with E-state index in [2.05, 4.69) is 15.3 Å². The molecule has 1 aromatic rings. The molecule has 5 heteroatoms. The normalized spacial score (nSPS) is 16.8. The predicted octanol–water partition coefficient (Wildman–Crippen LogP) is 1.63. The summed E-state index contributed by atoms with van der Waals surface area (Å²) in [6, 6.07) is -0.668. The van der Waals surface area contributed by atoms with Gasteiger partial charge in [0.05, 0.1) is 0 Å². The van der Waals surface area contributed by atoms with Crippen LogP contribution in [0.25, 0.3) is 0 Å². The molecule has 0 aromatic carbocycles. The van der Waals surface area contributed by atoms with E-state index >= 15 is 0 Å². The summed E-state index contributed by atoms with van der Waals surface area (Å²) in [5.41, 5.74) is 2.27. The Morgan fingerprint density at radius 3 is 2.94 bits per heavy atom. The number of aryl methyl sites for hydroxylation is 2. The number of hydrogen-bond donors (Lipinski definition) is 2. The average Bonchev–Trinajstić information content (AvgIpc) is 2.53. The monoisotopic (exact) mass is 235 g/mol. The maximum Gasteiger partial charge on any atom is 0.325 e. The number of aliphatic carboxylic acids is 1. The molecule has 0 bridgehead atoms. The summed E-state index contributed by atoms with van der Waals surface area (Å²) in [4.78, 5) is 19.3. The maximum atomic E-state index is 10.7. The van der Waals surface area contributed by atoms with E-state index in [-0.39, 0.29) is 0 Å². The molecule has 92 valence electrons. The fraction of sp³-hybridized carbons (Fsp3) is 0.583. The fourth-order valence-electron chi connectivity index (χ4n) is 1.98. The number of carboxylic acids is 1. The van der Waals surface area contributed by atoms with Crippen LogP contribution in [-0.4, -0.2) is 27.1 Å². The van der Waals surface area contributed by atoms with Crippen molar-refractivity contribution in [2.45, 2.75) is 45.1 Å². The van der Waals surface area contributed by atoms with E-state index in [1.54, 1.807) is 6.92 Å². The molecule has 1 heterocycles. The van der Waals surface area contributed by atoms with Crippen LogP contribution in [-0.2, 0) is 17.6 Å². The van der Waals surface area contributed by atoms with Gasteiger partial charge in [-0.25, -0.2) is 9.97 Å². The van der Waals surface area contributed by atoms with Crippen LogP contribution in [0.1, 0.15) is 37.4 Å². The van der Waals surface area contributed by atoms with Crippen LogP contribution in [0.15, 0.2) is 6.20 Å². The van der Waals surface area contributed by atoms with Crippen molar-refractivity contribution >= 4 is 11.9 Å². The Hall–Kier alpha value is -1.65. The molecule has 1 atom stereocenters. The second-order valence-corrected chi connectivity index (χ2v) is 4.43. The number of nitrogens with one attached hydrogen (secondary N) is 1. The minimum atomic E-state index is -0.899. The van der Waals surface area contributed by atoms with Crippen LogP contribution in [0.4, 0.5) is 5.95 Å². The van der Waals surface area contributed by atoms with Gasteiger partial charge in [-0.05, 0) is 38.2 Å². The first-order chi connectivity index (χ1) is 8.16. The first-order valence-electron chi connectivity index (χ1n) is 6.01. The van der Waals surface area contributed by atoms with E-state index in [1.165, 1.54) is 18.4 Å². The Bertz CT molecular complexity index is 420. The molecule has 0 fully saturated rings. The number of fused-ring (bicyclic) bond motifs is 1. The highest BCUT2D eigenvalue weighted by molar-refractivity contribution is 5.75. The fourth-order valence-corrected chi connectivity index (χ4v) is 1.98. The van der Waals surface area contributed by atoms with Crippen LogP contribution in [0.5, 0.6) is 0 Å². The molecule has 5 nitrogen and oxygen atoms in total. The standard InChI is InChI=1S/C12H17N3O2/c1-8(11(16)17)14-12-13-7-9-5-3-2-4-6-10(9)15-12/h7-8H,2-6H2,1H3,(H,16,17)(H,13,14,15). The molecule has 1 unspecified atom stereocenters. The van der Waals surface area contributed by atoms with Gasteiger partial charge in [-0.2, -0.15) is 0 Å². The Morgan fingerprint density at radius 1 is 1.41 bits per heavy atom. The van der Waals surface area contributed by atoms with Gasteiger partial charge in [-0.15, -0.1) is 0 Å². The first-order valence-corrected chi connectivity index (χ1v) is 6.01. The van der Waals surface area contributed by atoms with E-state index < -0.39 is 12.0 Å². The zero-order valence-electron chi connectivity index (χ0n) is 9.94. The summed E-state index contributed by atoms with van der Waals surface area (Å²) in [6.45, 7) is 1.58. The van der Waals surface area contributed by atoms with Crippen LogP contribution < -0.4 is 5.32 Å². The molecular formula is C12H17N3O2. The van der Waals surface area contributed by atoms with Gasteiger partial charge in [0.15, 0.2) is 0 Å². The third-order valence-corrected chi connectivity index (χ3v) is 3.03. The summed E-state index contributed by atoms with van der Waals surface area (Å²) in [5.74, 6) is -0.482. The van der Waals surface area contributed by atoms with Gasteiger partial charge in [0.2, 0.25) is 5.95 Å². The van der Waals surface area contributed by atoms with Crippen molar-refractivity contribution < 1.29 is 9.90 Å². The van der Waals surface area contributed by atoms with Gasteiger partial charge in [0.25, 0.3) is 0 Å². The number of nitrogens with zero attached hydrogens (tertiary/aromatic N) is 2. The largest absolute Gasteiger partial charge is 0.480 e. The molecule has 1 aliphatic carbocycles. The molecule has 17 heavy (non-hydrogen) atoms. The van der Waals surface area contributed by atoms with Crippen molar-refractivity contribution in [2.75, 3.05) is 5.32 Å². The molecule has 1 aromatic heterocycles. The highest BCUT2D eigenvalue weighted by Crippen LogP contribution is 2.19. The third-order valence-electron chi connectivity index (χ3n) is 3.03. The highest BCUT2D eigenvalue weighted by atomic mass is 16.4. The minimum absolute atomic E-state index is 0.417. The van der Waals surface area contributed by atoms with Crippen molar-refractivity contribution in [1.82, 2.24) is 9.97 Å². The predicted molar refractivity (Wildman–Crippen MR) is 64.0 cm³/mol. The summed E-state index contributed by atoms with van der Waals surface area (Å²) < 4.78 is 0. The summed E-state index contributed by atoms with van der Waals surface area (Å²) in [5, 5.41) is 11.6. The quantitative estimate of drug-likeness (QED) is 0.779. The Kier molecular flexibility index (Phi) is 3.56. The SMILES string of the molecule is CC(Nc1ncc2c(n1)CCCCC2)C(=O)O. The lowest BCUT2D eigenvalue weighted by Crippen LogP contribution is -2.26. The molecule has 0 aliphatic heterocycles. The van der Waals surface area contributed by atoms with E-state index in [0.717, 1.165) is 25.0 Å². The number of carbonyl (C=O) groups is 1. The molecule has 2 rings (SSSR count). The topological polar surface area (TPSA) is 75.1 Å². The molecule has 0 saturated heterocycles. The van der Waals surface area contributed by atoms with Crippen LogP contribution in [0.3, 0.4) is 0 Å². The molecule has 0 saturated carbocycles. The Labute approximate surface area is 100 Å². The maximum absolute atomic E-state index is 10.7. The van der Waals surface area contributed by atoms with Crippen LogP contribution >= 0.6 is 0 Å². The van der Waals surface area contributed by atoms with Gasteiger partial charge in [-0.3, -0.25) is 4.79 Å². The summed E-state index contributed by atoms with van der Waals surface area (Å²) in [6.07, 6.45) is 7.39. The zero-order valence-corrected chi connectivity index (χ0v) is 9.94. The van der Waals surface area contributed by atoms with Crippen molar-refractivity contribution in [1.29, 1.82) is 0 Å². The van der Waals surface area contributed by atoms with Crippen molar-refractivity contribution in [3.8, 4) is 0 Å². The molecule has 2 N–H and O–H groups in total. The number of carboxylic acid groups (broad SMARTS) is 1. The summed E-state index contributed by atoms with van der Waals surface area (Å²) >= 11 is 0. The van der Waals surface area contributed by atoms with Crippen molar-refractivity contribution in [3.05, 3.63) is 17.5 Å². The number of rotatable bonds is 3. The second-order valence-electron chi connectivity index (χ2n) is 4.43. The minimum Gasteiger partial charge on any atom is -0.480 e. The van der Waals surface area contributed by atoms with Gasteiger partial charge in [0.1, 0.15) is 6.04 Å². The second kappa shape index (κ2) is 5.12. The average molecular weight is 235 g/mol. The van der Waals surface area contributed by atoms with E-state index in [1.807, 2.05) is 6.20 Å². The molecule has 1 aliphatic rings. The molecule has 0 radical (unpaired) electrons. The van der Waals surface area contributed by atoms with Gasteiger partial charge in [0, 0.05) is 11.9 Å². The van der Waals surface area contributed by atoms with Crippen molar-refractivity contribution in [2.24, 2.45) is 0 Å².